The Morgan fingerprint density at radius 2 is 1.82 bits per heavy atom. The summed E-state index contributed by atoms with van der Waals surface area (Å²) in [4.78, 5) is 12.3. The molecule has 0 saturated carbocycles. The smallest absolute Gasteiger partial charge is 0.251 e. The van der Waals surface area contributed by atoms with Crippen LogP contribution in [-0.2, 0) is 0 Å². The van der Waals surface area contributed by atoms with Gasteiger partial charge in [-0.1, -0.05) is 30.3 Å². The molecule has 0 fully saturated rings. The van der Waals surface area contributed by atoms with Crippen LogP contribution in [0.2, 0.25) is 0 Å². The van der Waals surface area contributed by atoms with Crippen LogP contribution in [0, 0.1) is 6.92 Å². The minimum atomic E-state index is -1.02. The highest BCUT2D eigenvalue weighted by Crippen LogP contribution is 2.19. The molecule has 5 N–H and O–H groups in total. The zero-order chi connectivity index (χ0) is 16.1. The Balaban J connectivity index is 2.13. The van der Waals surface area contributed by atoms with Gasteiger partial charge in [0.15, 0.2) is 0 Å². The first-order valence-corrected chi connectivity index (χ1v) is 7.03. The van der Waals surface area contributed by atoms with Gasteiger partial charge in [-0.15, -0.1) is 0 Å². The maximum atomic E-state index is 12.3. The van der Waals surface area contributed by atoms with E-state index in [0.29, 0.717) is 16.8 Å². The number of anilines is 1. The maximum absolute atomic E-state index is 12.3. The lowest BCUT2D eigenvalue weighted by Crippen LogP contribution is -2.42. The van der Waals surface area contributed by atoms with Gasteiger partial charge in [0.05, 0.1) is 12.6 Å². The molecule has 2 aromatic rings. The molecular weight excluding hydrogens is 280 g/mol. The SMILES string of the molecule is Cc1ccccc1C(=O)NC(CO)C(O)c1ccc(N)cc1. The molecule has 2 aromatic carbocycles. The van der Waals surface area contributed by atoms with E-state index in [1.54, 1.807) is 36.4 Å². The summed E-state index contributed by atoms with van der Waals surface area (Å²) in [5.74, 6) is -0.327. The van der Waals surface area contributed by atoms with Crippen LogP contribution in [0.3, 0.4) is 0 Å². The fourth-order valence-electron chi connectivity index (χ4n) is 2.22. The van der Waals surface area contributed by atoms with Crippen molar-refractivity contribution in [3.05, 3.63) is 65.2 Å². The molecule has 0 aromatic heterocycles. The van der Waals surface area contributed by atoms with Crippen molar-refractivity contribution in [1.82, 2.24) is 5.32 Å². The molecule has 2 unspecified atom stereocenters. The Bertz CT molecular complexity index is 641. The van der Waals surface area contributed by atoms with Crippen LogP contribution in [0.1, 0.15) is 27.6 Å². The van der Waals surface area contributed by atoms with E-state index in [-0.39, 0.29) is 12.5 Å². The highest BCUT2D eigenvalue weighted by molar-refractivity contribution is 5.95. The third-order valence-corrected chi connectivity index (χ3v) is 3.56. The summed E-state index contributed by atoms with van der Waals surface area (Å²) in [5.41, 5.74) is 8.12. The molecule has 1 amide bonds. The van der Waals surface area contributed by atoms with Crippen molar-refractivity contribution < 1.29 is 15.0 Å². The van der Waals surface area contributed by atoms with Crippen molar-refractivity contribution in [2.45, 2.75) is 19.1 Å². The normalized spacial score (nSPS) is 13.4. The molecule has 0 spiro atoms. The molecule has 0 saturated heterocycles. The molecule has 0 aliphatic carbocycles. The number of aliphatic hydroxyl groups excluding tert-OH is 2. The Labute approximate surface area is 129 Å². The molecule has 0 bridgehead atoms. The lowest BCUT2D eigenvalue weighted by Gasteiger charge is -2.23. The summed E-state index contributed by atoms with van der Waals surface area (Å²) in [6.45, 7) is 1.46. The van der Waals surface area contributed by atoms with Crippen molar-refractivity contribution in [3.8, 4) is 0 Å². The fourth-order valence-corrected chi connectivity index (χ4v) is 2.22. The van der Waals surface area contributed by atoms with Gasteiger partial charge in [0.1, 0.15) is 6.10 Å². The van der Waals surface area contributed by atoms with E-state index >= 15 is 0 Å². The first-order chi connectivity index (χ1) is 10.5. The molecule has 2 atom stereocenters. The van der Waals surface area contributed by atoms with Crippen LogP contribution in [0.4, 0.5) is 5.69 Å². The van der Waals surface area contributed by atoms with E-state index in [9.17, 15) is 15.0 Å². The largest absolute Gasteiger partial charge is 0.399 e. The van der Waals surface area contributed by atoms with Gasteiger partial charge in [-0.3, -0.25) is 4.79 Å². The van der Waals surface area contributed by atoms with E-state index in [1.807, 2.05) is 19.1 Å². The number of carbonyl (C=O) groups is 1. The highest BCUT2D eigenvalue weighted by Gasteiger charge is 2.23. The Kier molecular flexibility index (Phi) is 5.14. The standard InChI is InChI=1S/C17H20N2O3/c1-11-4-2-3-5-14(11)17(22)19-15(10-20)16(21)12-6-8-13(18)9-7-12/h2-9,15-16,20-21H,10,18H2,1H3,(H,19,22). The quantitative estimate of drug-likeness (QED) is 0.628. The van der Waals surface area contributed by atoms with Crippen LogP contribution >= 0.6 is 0 Å². The molecule has 5 nitrogen and oxygen atoms in total. The predicted octanol–water partition coefficient (Wildman–Crippen LogP) is 1.40. The third kappa shape index (κ3) is 3.63. The fraction of sp³-hybridized carbons (Fsp3) is 0.235. The number of amides is 1. The number of rotatable bonds is 5. The molecule has 2 rings (SSSR count). The van der Waals surface area contributed by atoms with E-state index in [4.69, 9.17) is 5.73 Å². The van der Waals surface area contributed by atoms with Gasteiger partial charge < -0.3 is 21.3 Å². The number of carbonyl (C=O) groups excluding carboxylic acids is 1. The van der Waals surface area contributed by atoms with Gasteiger partial charge in [-0.2, -0.15) is 0 Å². The predicted molar refractivity (Wildman–Crippen MR) is 85.3 cm³/mol. The number of benzene rings is 2. The van der Waals surface area contributed by atoms with E-state index in [0.717, 1.165) is 5.56 Å². The summed E-state index contributed by atoms with van der Waals surface area (Å²) in [6.07, 6.45) is -1.02. The third-order valence-electron chi connectivity index (χ3n) is 3.56. The van der Waals surface area contributed by atoms with Gasteiger partial charge in [-0.05, 0) is 36.2 Å². The van der Waals surface area contributed by atoms with Crippen molar-refractivity contribution in [1.29, 1.82) is 0 Å². The summed E-state index contributed by atoms with van der Waals surface area (Å²) < 4.78 is 0. The minimum absolute atomic E-state index is 0.327. The summed E-state index contributed by atoms with van der Waals surface area (Å²) in [7, 11) is 0. The van der Waals surface area contributed by atoms with Crippen molar-refractivity contribution in [2.75, 3.05) is 12.3 Å². The first kappa shape index (κ1) is 16.0. The van der Waals surface area contributed by atoms with Gasteiger partial charge in [0, 0.05) is 11.3 Å². The Morgan fingerprint density at radius 3 is 2.41 bits per heavy atom. The van der Waals surface area contributed by atoms with Gasteiger partial charge >= 0.3 is 0 Å². The number of nitrogens with one attached hydrogen (secondary N) is 1. The maximum Gasteiger partial charge on any atom is 0.251 e. The zero-order valence-corrected chi connectivity index (χ0v) is 12.4. The van der Waals surface area contributed by atoms with Gasteiger partial charge in [0.2, 0.25) is 0 Å². The molecule has 0 aliphatic rings. The van der Waals surface area contributed by atoms with Crippen molar-refractivity contribution in [3.63, 3.8) is 0 Å². The number of aryl methyl sites for hydroxylation is 1. The van der Waals surface area contributed by atoms with Crippen LogP contribution in [0.15, 0.2) is 48.5 Å². The molecule has 0 aliphatic heterocycles. The molecule has 22 heavy (non-hydrogen) atoms. The monoisotopic (exact) mass is 300 g/mol. The first-order valence-electron chi connectivity index (χ1n) is 7.03. The second kappa shape index (κ2) is 7.06. The van der Waals surface area contributed by atoms with Crippen molar-refractivity contribution in [2.24, 2.45) is 0 Å². The molecular formula is C17H20N2O3. The Morgan fingerprint density at radius 1 is 1.18 bits per heavy atom. The molecule has 0 heterocycles. The lowest BCUT2D eigenvalue weighted by atomic mass is 10.0. The van der Waals surface area contributed by atoms with Crippen LogP contribution in [0.5, 0.6) is 0 Å². The summed E-state index contributed by atoms with van der Waals surface area (Å²) >= 11 is 0. The van der Waals surface area contributed by atoms with E-state index in [1.165, 1.54) is 0 Å². The van der Waals surface area contributed by atoms with Crippen LogP contribution in [-0.4, -0.2) is 28.8 Å². The zero-order valence-electron chi connectivity index (χ0n) is 12.4. The number of hydrogen-bond acceptors (Lipinski definition) is 4. The lowest BCUT2D eigenvalue weighted by molar-refractivity contribution is 0.0702. The average Bonchev–Trinajstić information content (AvgIpc) is 2.53. The number of aliphatic hydroxyl groups is 2. The minimum Gasteiger partial charge on any atom is -0.399 e. The number of nitrogens with two attached hydrogens (primary N) is 1. The second-order valence-corrected chi connectivity index (χ2v) is 5.19. The van der Waals surface area contributed by atoms with Gasteiger partial charge in [0.25, 0.3) is 5.91 Å². The van der Waals surface area contributed by atoms with Crippen molar-refractivity contribution >= 4 is 11.6 Å². The number of nitrogen functional groups attached to an aromatic ring is 1. The van der Waals surface area contributed by atoms with Crippen LogP contribution in [0.25, 0.3) is 0 Å². The molecule has 5 heteroatoms. The van der Waals surface area contributed by atoms with Crippen LogP contribution < -0.4 is 11.1 Å². The number of hydrogen-bond donors (Lipinski definition) is 4. The summed E-state index contributed by atoms with van der Waals surface area (Å²) in [6, 6.07) is 13.0. The molecule has 116 valence electrons. The molecule has 0 radical (unpaired) electrons. The summed E-state index contributed by atoms with van der Waals surface area (Å²) in [5, 5.41) is 22.5. The van der Waals surface area contributed by atoms with Gasteiger partial charge in [-0.25, -0.2) is 0 Å². The second-order valence-electron chi connectivity index (χ2n) is 5.19. The van der Waals surface area contributed by atoms with E-state index in [2.05, 4.69) is 5.32 Å². The Hall–Kier alpha value is -2.37. The van der Waals surface area contributed by atoms with E-state index < -0.39 is 12.1 Å². The topological polar surface area (TPSA) is 95.6 Å². The highest BCUT2D eigenvalue weighted by atomic mass is 16.3. The average molecular weight is 300 g/mol.